The Morgan fingerprint density at radius 1 is 1.33 bits per heavy atom. The topological polar surface area (TPSA) is 0 Å². The first kappa shape index (κ1) is 11.1. The molecule has 1 aromatic rings. The molecule has 0 radical (unpaired) electrons. The molecule has 84 valence electrons. The number of hydrogen-bond donors (Lipinski definition) is 0. The second kappa shape index (κ2) is 3.27. The summed E-state index contributed by atoms with van der Waals surface area (Å²) < 4.78 is 27.2. The van der Waals surface area contributed by atoms with Crippen LogP contribution in [0.15, 0.2) is 6.07 Å². The van der Waals surface area contributed by atoms with Crippen molar-refractivity contribution in [1.82, 2.24) is 0 Å². The molecule has 1 aromatic heterocycles. The Bertz CT molecular complexity index is 371. The van der Waals surface area contributed by atoms with Gasteiger partial charge in [0, 0.05) is 21.7 Å². The first-order chi connectivity index (χ1) is 6.81. The van der Waals surface area contributed by atoms with Crippen molar-refractivity contribution >= 4 is 11.3 Å². The van der Waals surface area contributed by atoms with Crippen molar-refractivity contribution in [1.29, 1.82) is 0 Å². The highest BCUT2D eigenvalue weighted by Crippen LogP contribution is 2.45. The maximum Gasteiger partial charge on any atom is 0.274 e. The second-order valence-electron chi connectivity index (χ2n) is 5.26. The molecule has 1 aliphatic carbocycles. The largest absolute Gasteiger partial charge is 0.274 e. The number of hydrogen-bond acceptors (Lipinski definition) is 1. The molecule has 0 fully saturated rings. The Kier molecular flexibility index (Phi) is 2.41. The van der Waals surface area contributed by atoms with Crippen LogP contribution >= 0.6 is 11.3 Å². The number of rotatable bonds is 0. The normalized spacial score (nSPS) is 20.1. The maximum atomic E-state index is 13.6. The van der Waals surface area contributed by atoms with Gasteiger partial charge in [-0.3, -0.25) is 0 Å². The molecule has 0 unspecified atom stereocenters. The predicted octanol–water partition coefficient (Wildman–Crippen LogP) is 4.47. The van der Waals surface area contributed by atoms with Gasteiger partial charge in [-0.1, -0.05) is 20.8 Å². The van der Waals surface area contributed by atoms with Gasteiger partial charge < -0.3 is 0 Å². The fraction of sp³-hybridized carbons (Fsp3) is 0.667. The third-order valence-electron chi connectivity index (χ3n) is 2.84. The van der Waals surface area contributed by atoms with Gasteiger partial charge in [-0.15, -0.1) is 11.3 Å². The van der Waals surface area contributed by atoms with E-state index >= 15 is 0 Å². The van der Waals surface area contributed by atoms with Gasteiger partial charge in [0.2, 0.25) is 0 Å². The van der Waals surface area contributed by atoms with E-state index in [0.29, 0.717) is 12.0 Å². The molecule has 3 heteroatoms. The van der Waals surface area contributed by atoms with Crippen molar-refractivity contribution < 1.29 is 8.78 Å². The minimum Gasteiger partial charge on any atom is -0.201 e. The van der Waals surface area contributed by atoms with Crippen LogP contribution in [0.4, 0.5) is 8.78 Å². The highest BCUT2D eigenvalue weighted by Gasteiger charge is 2.39. The molecule has 0 saturated carbocycles. The van der Waals surface area contributed by atoms with Crippen molar-refractivity contribution in [2.75, 3.05) is 0 Å². The van der Waals surface area contributed by atoms with Crippen LogP contribution in [0.1, 0.15) is 48.9 Å². The molecule has 2 rings (SSSR count). The van der Waals surface area contributed by atoms with E-state index in [1.54, 1.807) is 17.4 Å². The fourth-order valence-corrected chi connectivity index (χ4v) is 3.21. The van der Waals surface area contributed by atoms with Crippen molar-refractivity contribution in [3.05, 3.63) is 21.4 Å². The number of alkyl halides is 2. The van der Waals surface area contributed by atoms with E-state index < -0.39 is 5.92 Å². The van der Waals surface area contributed by atoms with Crippen molar-refractivity contribution in [3.63, 3.8) is 0 Å². The summed E-state index contributed by atoms with van der Waals surface area (Å²) in [5.74, 6) is -2.59. The van der Waals surface area contributed by atoms with E-state index in [1.807, 2.05) is 0 Å². The lowest BCUT2D eigenvalue weighted by Crippen LogP contribution is -2.18. The first-order valence-electron chi connectivity index (χ1n) is 5.32. The molecule has 1 aliphatic rings. The lowest BCUT2D eigenvalue weighted by Gasteiger charge is -2.21. The quantitative estimate of drug-likeness (QED) is 0.616. The SMILES string of the molecule is CC(C)(C)c1cc2c(s1)CCCC2(F)F. The Morgan fingerprint density at radius 3 is 2.53 bits per heavy atom. The molecule has 0 N–H and O–H groups in total. The highest BCUT2D eigenvalue weighted by molar-refractivity contribution is 7.12. The van der Waals surface area contributed by atoms with Gasteiger partial charge in [0.15, 0.2) is 0 Å². The van der Waals surface area contributed by atoms with Gasteiger partial charge in [0.1, 0.15) is 0 Å². The molecule has 0 spiro atoms. The molecule has 0 aliphatic heterocycles. The van der Waals surface area contributed by atoms with Gasteiger partial charge >= 0.3 is 0 Å². The van der Waals surface area contributed by atoms with Gasteiger partial charge in [0.25, 0.3) is 5.92 Å². The van der Waals surface area contributed by atoms with E-state index in [9.17, 15) is 8.78 Å². The fourth-order valence-electron chi connectivity index (χ4n) is 1.90. The first-order valence-corrected chi connectivity index (χ1v) is 6.14. The molecule has 0 saturated heterocycles. The number of fused-ring (bicyclic) bond motifs is 1. The molecular weight excluding hydrogens is 214 g/mol. The summed E-state index contributed by atoms with van der Waals surface area (Å²) in [6.45, 7) is 6.22. The van der Waals surface area contributed by atoms with Crippen molar-refractivity contribution in [2.24, 2.45) is 0 Å². The standard InChI is InChI=1S/C12H16F2S/c1-11(2,3)10-7-8-9(15-10)5-4-6-12(8,13)14/h7H,4-6H2,1-3H3. The van der Waals surface area contributed by atoms with E-state index in [-0.39, 0.29) is 11.8 Å². The Morgan fingerprint density at radius 2 is 2.00 bits per heavy atom. The summed E-state index contributed by atoms with van der Waals surface area (Å²) in [5.41, 5.74) is 0.279. The summed E-state index contributed by atoms with van der Waals surface area (Å²) in [6.07, 6.45) is 1.45. The smallest absolute Gasteiger partial charge is 0.201 e. The zero-order valence-electron chi connectivity index (χ0n) is 9.36. The van der Waals surface area contributed by atoms with E-state index in [0.717, 1.165) is 16.2 Å². The van der Waals surface area contributed by atoms with Gasteiger partial charge in [-0.25, -0.2) is 8.78 Å². The van der Waals surface area contributed by atoms with Crippen molar-refractivity contribution in [3.8, 4) is 0 Å². The Hall–Kier alpha value is -0.440. The minimum atomic E-state index is -2.59. The molecule has 0 bridgehead atoms. The third-order valence-corrected chi connectivity index (χ3v) is 4.46. The average molecular weight is 230 g/mol. The molecule has 0 aromatic carbocycles. The molecule has 15 heavy (non-hydrogen) atoms. The highest BCUT2D eigenvalue weighted by atomic mass is 32.1. The predicted molar refractivity (Wildman–Crippen MR) is 59.9 cm³/mol. The second-order valence-corrected chi connectivity index (χ2v) is 6.39. The van der Waals surface area contributed by atoms with Crippen LogP contribution in [0.3, 0.4) is 0 Å². The van der Waals surface area contributed by atoms with E-state index in [4.69, 9.17) is 0 Å². The zero-order chi connectivity index (χ0) is 11.3. The molecule has 1 heterocycles. The lowest BCUT2D eigenvalue weighted by atomic mass is 9.90. The van der Waals surface area contributed by atoms with Gasteiger partial charge in [0.05, 0.1) is 0 Å². The van der Waals surface area contributed by atoms with Crippen LogP contribution < -0.4 is 0 Å². The minimum absolute atomic E-state index is 0.0142. The maximum absolute atomic E-state index is 13.6. The zero-order valence-corrected chi connectivity index (χ0v) is 10.2. The molecule has 0 nitrogen and oxygen atoms in total. The van der Waals surface area contributed by atoms with E-state index in [1.165, 1.54) is 0 Å². The van der Waals surface area contributed by atoms with Gasteiger partial charge in [-0.05, 0) is 24.3 Å². The summed E-state index contributed by atoms with van der Waals surface area (Å²) in [7, 11) is 0. The van der Waals surface area contributed by atoms with Crippen LogP contribution in [-0.4, -0.2) is 0 Å². The summed E-state index contributed by atoms with van der Waals surface area (Å²) in [5, 5.41) is 0. The van der Waals surface area contributed by atoms with Crippen LogP contribution in [0.2, 0.25) is 0 Å². The average Bonchev–Trinajstić information content (AvgIpc) is 2.47. The number of halogens is 2. The summed E-state index contributed by atoms with van der Waals surface area (Å²) in [4.78, 5) is 1.98. The summed E-state index contributed by atoms with van der Waals surface area (Å²) in [6, 6.07) is 1.72. The molecular formula is C12H16F2S. The molecule has 0 amide bonds. The third kappa shape index (κ3) is 1.94. The lowest BCUT2D eigenvalue weighted by molar-refractivity contribution is -0.0208. The van der Waals surface area contributed by atoms with Crippen LogP contribution in [0.25, 0.3) is 0 Å². The monoisotopic (exact) mass is 230 g/mol. The Labute approximate surface area is 93.3 Å². The van der Waals surface area contributed by atoms with Crippen LogP contribution in [0, 0.1) is 0 Å². The Balaban J connectivity index is 2.47. The number of thiophene rings is 1. The van der Waals surface area contributed by atoms with Crippen LogP contribution in [0.5, 0.6) is 0 Å². The number of aryl methyl sites for hydroxylation is 1. The van der Waals surface area contributed by atoms with Crippen LogP contribution in [-0.2, 0) is 17.8 Å². The van der Waals surface area contributed by atoms with Gasteiger partial charge in [-0.2, -0.15) is 0 Å². The molecule has 0 atom stereocenters. The van der Waals surface area contributed by atoms with E-state index in [2.05, 4.69) is 20.8 Å². The summed E-state index contributed by atoms with van der Waals surface area (Å²) >= 11 is 1.56. The van der Waals surface area contributed by atoms with Crippen molar-refractivity contribution in [2.45, 2.75) is 51.4 Å².